The van der Waals surface area contributed by atoms with Gasteiger partial charge in [-0.2, -0.15) is 0 Å². The fourth-order valence-corrected chi connectivity index (χ4v) is 9.67. The number of aliphatic hydroxyl groups excluding tert-OH is 1. The molecule has 0 radical (unpaired) electrons. The number of hydrogen-bond acceptors (Lipinski definition) is 5. The first-order valence-electron chi connectivity index (χ1n) is 20.3. The second kappa shape index (κ2) is 38.5. The Morgan fingerprint density at radius 2 is 1.25 bits per heavy atom. The van der Waals surface area contributed by atoms with Crippen molar-refractivity contribution in [1.29, 1.82) is 0 Å². The normalized spacial score (nSPS) is 10.5. The molecule has 1 heterocycles. The van der Waals surface area contributed by atoms with Crippen LogP contribution in [0.4, 0.5) is 0 Å². The molecule has 0 aliphatic heterocycles. The number of rotatable bonds is 17. The molecule has 0 fully saturated rings. The van der Waals surface area contributed by atoms with E-state index in [2.05, 4.69) is 114 Å². The number of halogens is 1. The van der Waals surface area contributed by atoms with Crippen LogP contribution in [0, 0.1) is 6.65 Å². The van der Waals surface area contributed by atoms with Crippen molar-refractivity contribution in [3.8, 4) is 0 Å². The zero-order chi connectivity index (χ0) is 43.3. The molecule has 4 N–H and O–H groups in total. The molecule has 0 saturated carbocycles. The number of unbranched alkanes of at least 4 members (excludes halogenated alkanes) is 5. The number of nitrogens with zero attached hydrogens (tertiary/aromatic N) is 2. The van der Waals surface area contributed by atoms with E-state index in [1.807, 2.05) is 78.0 Å². The molecular formula is C46H78ClN4O3PRu+2. The van der Waals surface area contributed by atoms with Crippen LogP contribution in [0.15, 0.2) is 78.9 Å². The van der Waals surface area contributed by atoms with E-state index < -0.39 is 7.92 Å². The van der Waals surface area contributed by atoms with E-state index in [0.29, 0.717) is 36.4 Å². The fraction of sp³-hybridized carbons (Fsp3) is 0.587. The summed E-state index contributed by atoms with van der Waals surface area (Å²) in [6.07, 6.45) is 9.79. The number of nitrogens with two attached hydrogens (primary N) is 1. The van der Waals surface area contributed by atoms with Crippen LogP contribution in [0.1, 0.15) is 143 Å². The van der Waals surface area contributed by atoms with Crippen LogP contribution < -0.4 is 11.1 Å². The predicted molar refractivity (Wildman–Crippen MR) is 240 cm³/mol. The Hall–Kier alpha value is -1.98. The summed E-state index contributed by atoms with van der Waals surface area (Å²) in [6, 6.07) is 26.5. The number of hydrogen-bond donors (Lipinski definition) is 3. The number of pyridine rings is 1. The Bertz CT molecular complexity index is 1300. The van der Waals surface area contributed by atoms with E-state index >= 15 is 0 Å². The topological polar surface area (TPSA) is 111 Å². The summed E-state index contributed by atoms with van der Waals surface area (Å²) in [6.45, 7) is 32.4. The first kappa shape index (κ1) is 58.3. The minimum absolute atomic E-state index is 0.160. The van der Waals surface area contributed by atoms with E-state index in [1.54, 1.807) is 0 Å². The van der Waals surface area contributed by atoms with Gasteiger partial charge >= 0.3 is 38.3 Å². The summed E-state index contributed by atoms with van der Waals surface area (Å²) in [5, 5.41) is 12.0. The third-order valence-electron chi connectivity index (χ3n) is 8.74. The molecule has 3 rings (SSSR count). The molecule has 0 saturated heterocycles. The van der Waals surface area contributed by atoms with Crippen LogP contribution in [-0.2, 0) is 52.6 Å². The van der Waals surface area contributed by atoms with Gasteiger partial charge < -0.3 is 16.2 Å². The van der Waals surface area contributed by atoms with Crippen molar-refractivity contribution in [2.75, 3.05) is 19.7 Å². The number of benzene rings is 2. The molecular weight excluding hydrogens is 824 g/mol. The number of carbonyl (C=O) groups excluding carboxylic acids is 1. The van der Waals surface area contributed by atoms with Gasteiger partial charge in [-0.1, -0.05) is 127 Å². The Morgan fingerprint density at radius 3 is 1.68 bits per heavy atom. The third-order valence-corrected chi connectivity index (χ3v) is 13.1. The number of aromatic nitrogens is 1. The van der Waals surface area contributed by atoms with E-state index in [4.69, 9.17) is 20.5 Å². The Morgan fingerprint density at radius 1 is 0.768 bits per heavy atom. The Labute approximate surface area is 359 Å². The average molecular weight is 903 g/mol. The van der Waals surface area contributed by atoms with Gasteiger partial charge in [-0.3, -0.25) is 14.7 Å². The molecule has 1 aromatic heterocycles. The minimum atomic E-state index is -0.559. The molecule has 56 heavy (non-hydrogen) atoms. The van der Waals surface area contributed by atoms with Crippen molar-refractivity contribution >= 4 is 23.5 Å². The van der Waals surface area contributed by atoms with Crippen LogP contribution in [0.25, 0.3) is 0 Å². The van der Waals surface area contributed by atoms with Gasteiger partial charge in [0.05, 0.1) is 27.9 Å². The van der Waals surface area contributed by atoms with Crippen molar-refractivity contribution in [2.45, 2.75) is 157 Å². The zero-order valence-corrected chi connectivity index (χ0v) is 40.1. The first-order valence-corrected chi connectivity index (χ1v) is 24.2. The summed E-state index contributed by atoms with van der Waals surface area (Å²) in [5.74, 6) is 0.160. The van der Waals surface area contributed by atoms with E-state index in [1.165, 1.54) is 36.2 Å². The average Bonchev–Trinajstić information content (AvgIpc) is 3.21. The van der Waals surface area contributed by atoms with E-state index in [9.17, 15) is 4.79 Å². The van der Waals surface area contributed by atoms with Crippen molar-refractivity contribution in [1.82, 2.24) is 15.2 Å². The van der Waals surface area contributed by atoms with Crippen molar-refractivity contribution in [3.63, 3.8) is 0 Å². The molecule has 0 atom stereocenters. The summed E-state index contributed by atoms with van der Waals surface area (Å²) in [4.78, 5) is 18.8. The first-order chi connectivity index (χ1) is 26.7. The summed E-state index contributed by atoms with van der Waals surface area (Å²) in [7, 11) is 4.01. The van der Waals surface area contributed by atoms with Gasteiger partial charge in [0.2, 0.25) is 5.91 Å². The standard InChI is InChI=1S/C19H35N2P.C13H19NO.C7H9N.C6H14O.CO.ClH.Ru/c1-9-21(10-2)14-16-12-11-13-17(20-16)15-22(18(3,4)5)19(6,7)8;1-2-3-5-10-13(15)14-11-12-8-6-4-7-9-12;8-6-7-4-2-1-3-5-7;1-2-3-4-5-6-7;1-2;;/h11-13H,9-10,14-15H2,1-8H3;4,6-9H,2-3,5,10-11H2,1H3,(H,14,15);1-5H,6,8H2;7H,2-6H2,1H3;;1H;/q;;;;;;+2. The molecule has 10 heteroatoms. The maximum atomic E-state index is 11.4. The molecule has 0 bridgehead atoms. The van der Waals surface area contributed by atoms with E-state index in [0.717, 1.165) is 57.0 Å². The molecule has 0 spiro atoms. The van der Waals surface area contributed by atoms with Crippen LogP contribution >= 0.6 is 17.6 Å². The predicted octanol–water partition coefficient (Wildman–Crippen LogP) is 11.5. The monoisotopic (exact) mass is 902 g/mol. The zero-order valence-electron chi connectivity index (χ0n) is 36.6. The van der Waals surface area contributed by atoms with Gasteiger partial charge in [-0.05, 0) is 90.7 Å². The molecule has 3 aromatic rings. The number of aliphatic hydroxyl groups is 1. The SMILES string of the molecule is CCCCCC(=O)NCc1ccccc1.CCCCCCO.CCN(CC)Cc1cccc(C[PH+](C(C)(C)C)C(C)(C)C)n1.NCc1ccccc1.[C-]#[O+].[Cl][Ru+]. The van der Waals surface area contributed by atoms with Crippen molar-refractivity contribution in [3.05, 3.63) is 108 Å². The number of amides is 1. The maximum absolute atomic E-state index is 11.4. The van der Waals surface area contributed by atoms with Gasteiger partial charge in [0.15, 0.2) is 0 Å². The summed E-state index contributed by atoms with van der Waals surface area (Å²) < 4.78 is 7.50. The Kier molecular flexibility index (Phi) is 40.1. The third kappa shape index (κ3) is 33.0. The van der Waals surface area contributed by atoms with Crippen LogP contribution in [-0.4, -0.2) is 50.9 Å². The van der Waals surface area contributed by atoms with E-state index in [-0.39, 0.29) is 5.91 Å². The van der Waals surface area contributed by atoms with Gasteiger partial charge in [0.25, 0.3) is 0 Å². The van der Waals surface area contributed by atoms with Crippen molar-refractivity contribution in [2.24, 2.45) is 5.73 Å². The Balaban J connectivity index is -0.000000710. The van der Waals surface area contributed by atoms with Gasteiger partial charge in [-0.25, -0.2) is 0 Å². The molecule has 7 nitrogen and oxygen atoms in total. The molecule has 318 valence electrons. The molecule has 0 aliphatic carbocycles. The summed E-state index contributed by atoms with van der Waals surface area (Å²) in [5.41, 5.74) is 10.2. The molecule has 2 aromatic carbocycles. The number of nitrogens with one attached hydrogen (secondary N) is 1. The van der Waals surface area contributed by atoms with Gasteiger partial charge in [0, 0.05) is 40.6 Å². The molecule has 0 aliphatic rings. The number of carbonyl (C=O) groups is 1. The second-order valence-electron chi connectivity index (χ2n) is 15.4. The quantitative estimate of drug-likeness (QED) is 0.0411. The summed E-state index contributed by atoms with van der Waals surface area (Å²) >= 11 is 1.82. The van der Waals surface area contributed by atoms with Gasteiger partial charge in [0.1, 0.15) is 0 Å². The van der Waals surface area contributed by atoms with Gasteiger partial charge in [-0.15, -0.1) is 0 Å². The van der Waals surface area contributed by atoms with Crippen molar-refractivity contribution < 1.29 is 31.9 Å². The van der Waals surface area contributed by atoms with Crippen LogP contribution in [0.3, 0.4) is 0 Å². The van der Waals surface area contributed by atoms with Crippen LogP contribution in [0.2, 0.25) is 0 Å². The fourth-order valence-electron chi connectivity index (χ4n) is 5.80. The van der Waals surface area contributed by atoms with Crippen LogP contribution in [0.5, 0.6) is 0 Å². The molecule has 1 amide bonds. The second-order valence-corrected chi connectivity index (χ2v) is 19.7. The molecule has 0 unspecified atom stereocenters.